The lowest BCUT2D eigenvalue weighted by Gasteiger charge is -2.12. The Morgan fingerprint density at radius 3 is 1.44 bits per heavy atom. The molecular weight excluding hydrogens is 339 g/mol. The van der Waals surface area contributed by atoms with Crippen molar-refractivity contribution in [2.45, 2.75) is 32.8 Å². The van der Waals surface area contributed by atoms with Gasteiger partial charge in [-0.25, -0.2) is 0 Å². The van der Waals surface area contributed by atoms with E-state index in [0.717, 1.165) is 11.1 Å². The van der Waals surface area contributed by atoms with Gasteiger partial charge in [0.25, 0.3) is 0 Å². The van der Waals surface area contributed by atoms with Gasteiger partial charge in [-0.3, -0.25) is 0 Å². The normalized spacial score (nSPS) is 10.7. The summed E-state index contributed by atoms with van der Waals surface area (Å²) in [5, 5.41) is 0. The first-order valence-corrected chi connectivity index (χ1v) is 9.29. The van der Waals surface area contributed by atoms with Gasteiger partial charge in [0.1, 0.15) is 11.5 Å². The lowest BCUT2D eigenvalue weighted by molar-refractivity contribution is 0.226. The number of hydrogen-bond donors (Lipinski definition) is 1. The highest BCUT2D eigenvalue weighted by molar-refractivity contribution is 7.32. The molecule has 1 N–H and O–H groups in total. The van der Waals surface area contributed by atoms with E-state index in [-0.39, 0.29) is 0 Å². The minimum atomic E-state index is -2.72. The van der Waals surface area contributed by atoms with E-state index in [1.165, 1.54) is 12.8 Å². The van der Waals surface area contributed by atoms with E-state index in [1.54, 1.807) is 62.8 Å². The fourth-order valence-electron chi connectivity index (χ4n) is 1.96. The van der Waals surface area contributed by atoms with Crippen LogP contribution in [0.3, 0.4) is 0 Å². The Balaban J connectivity index is 0.000000705. The molecular formula is C19H26O5P+. The maximum absolute atomic E-state index is 11.1. The largest absolute Gasteiger partial charge is 0.695 e. The highest BCUT2D eigenvalue weighted by atomic mass is 31.1. The van der Waals surface area contributed by atoms with Crippen molar-refractivity contribution in [1.29, 1.82) is 0 Å². The predicted octanol–water partition coefficient (Wildman–Crippen LogP) is 5.27. The van der Waals surface area contributed by atoms with Gasteiger partial charge >= 0.3 is 8.25 Å². The summed E-state index contributed by atoms with van der Waals surface area (Å²) < 4.78 is 26.4. The van der Waals surface area contributed by atoms with Crippen LogP contribution in [0.2, 0.25) is 0 Å². The minimum Gasteiger partial charge on any atom is -0.497 e. The summed E-state index contributed by atoms with van der Waals surface area (Å²) in [4.78, 5) is 9.08. The second-order valence-electron chi connectivity index (χ2n) is 5.27. The third kappa shape index (κ3) is 7.22. The average Bonchev–Trinajstić information content (AvgIpc) is 2.66. The smallest absolute Gasteiger partial charge is 0.497 e. The highest BCUT2D eigenvalue weighted by Crippen LogP contribution is 2.35. The van der Waals surface area contributed by atoms with Gasteiger partial charge in [-0.1, -0.05) is 51.0 Å². The molecule has 0 fully saturated rings. The molecule has 1 unspecified atom stereocenters. The van der Waals surface area contributed by atoms with Crippen molar-refractivity contribution >= 4 is 8.25 Å². The van der Waals surface area contributed by atoms with Gasteiger partial charge in [0.05, 0.1) is 14.2 Å². The molecule has 0 saturated heterocycles. The van der Waals surface area contributed by atoms with Crippen LogP contribution in [0.1, 0.15) is 43.9 Å². The summed E-state index contributed by atoms with van der Waals surface area (Å²) >= 11 is 0. The first-order chi connectivity index (χ1) is 12.0. The maximum atomic E-state index is 11.1. The van der Waals surface area contributed by atoms with Crippen LogP contribution in [0, 0.1) is 0 Å². The molecule has 25 heavy (non-hydrogen) atoms. The SMILES string of the molecule is CCCC.COc1ccc(C(O[P+](=O)O)c2ccc(OC)cc2)cc1. The van der Waals surface area contributed by atoms with Gasteiger partial charge in [-0.2, -0.15) is 0 Å². The van der Waals surface area contributed by atoms with Gasteiger partial charge in [-0.05, 0) is 35.4 Å². The standard InChI is InChI=1S/C15H15O5P.C4H10/c1-18-13-7-3-11(4-8-13)15(20-21(16)17)12-5-9-14(19-2)10-6-12;1-3-4-2/h3-10,15H,1-2H3;3-4H2,1-2H3/p+1. The second-order valence-corrected chi connectivity index (χ2v) is 5.96. The molecule has 2 aromatic carbocycles. The van der Waals surface area contributed by atoms with E-state index >= 15 is 0 Å². The Kier molecular flexibility index (Phi) is 9.78. The van der Waals surface area contributed by atoms with Crippen molar-refractivity contribution in [3.8, 4) is 11.5 Å². The lowest BCUT2D eigenvalue weighted by atomic mass is 10.0. The molecule has 0 aliphatic rings. The number of rotatable bonds is 7. The van der Waals surface area contributed by atoms with Crippen LogP contribution in [0.15, 0.2) is 48.5 Å². The molecule has 0 spiro atoms. The van der Waals surface area contributed by atoms with Crippen LogP contribution in [0.25, 0.3) is 0 Å². The Labute approximate surface area is 150 Å². The van der Waals surface area contributed by atoms with E-state index in [2.05, 4.69) is 13.8 Å². The van der Waals surface area contributed by atoms with E-state index in [0.29, 0.717) is 11.5 Å². The second kappa shape index (κ2) is 11.6. The summed E-state index contributed by atoms with van der Waals surface area (Å²) in [6.45, 7) is 4.36. The predicted molar refractivity (Wildman–Crippen MR) is 99.3 cm³/mol. The number of ether oxygens (including phenoxy) is 2. The molecule has 0 bridgehead atoms. The molecule has 136 valence electrons. The number of benzene rings is 2. The molecule has 2 rings (SSSR count). The first kappa shape index (κ1) is 21.1. The van der Waals surface area contributed by atoms with Gasteiger partial charge in [0.15, 0.2) is 6.10 Å². The molecule has 0 amide bonds. The third-order valence-electron chi connectivity index (χ3n) is 3.53. The molecule has 5 nitrogen and oxygen atoms in total. The van der Waals surface area contributed by atoms with Crippen LogP contribution >= 0.6 is 8.25 Å². The van der Waals surface area contributed by atoms with Crippen molar-refractivity contribution < 1.29 is 23.5 Å². The molecule has 2 aromatic rings. The van der Waals surface area contributed by atoms with E-state index in [4.69, 9.17) is 18.9 Å². The summed E-state index contributed by atoms with van der Waals surface area (Å²) in [5.74, 6) is 1.42. The molecule has 1 atom stereocenters. The van der Waals surface area contributed by atoms with E-state index in [1.807, 2.05) is 0 Å². The zero-order valence-corrected chi connectivity index (χ0v) is 16.0. The van der Waals surface area contributed by atoms with E-state index in [9.17, 15) is 4.57 Å². The summed E-state index contributed by atoms with van der Waals surface area (Å²) in [5.41, 5.74) is 1.52. The molecule has 0 aromatic heterocycles. The average molecular weight is 365 g/mol. The Morgan fingerprint density at radius 2 is 1.20 bits per heavy atom. The number of methoxy groups -OCH3 is 2. The topological polar surface area (TPSA) is 65.0 Å². The Morgan fingerprint density at radius 1 is 0.840 bits per heavy atom. The Hall–Kier alpha value is -1.94. The van der Waals surface area contributed by atoms with Crippen LogP contribution in [0.4, 0.5) is 0 Å². The summed E-state index contributed by atoms with van der Waals surface area (Å²) in [7, 11) is 0.439. The van der Waals surface area contributed by atoms with Crippen LogP contribution < -0.4 is 9.47 Å². The first-order valence-electron chi connectivity index (χ1n) is 8.16. The zero-order valence-electron chi connectivity index (χ0n) is 15.1. The van der Waals surface area contributed by atoms with Gasteiger partial charge in [-0.15, -0.1) is 9.42 Å². The molecule has 0 aliphatic heterocycles. The monoisotopic (exact) mass is 365 g/mol. The van der Waals surface area contributed by atoms with Crippen molar-refractivity contribution in [2.24, 2.45) is 0 Å². The third-order valence-corrected chi connectivity index (χ3v) is 3.92. The van der Waals surface area contributed by atoms with Crippen LogP contribution in [0.5, 0.6) is 11.5 Å². The van der Waals surface area contributed by atoms with Crippen LogP contribution in [-0.2, 0) is 9.09 Å². The minimum absolute atomic E-state index is 0.629. The number of unbranched alkanes of at least 4 members (excludes halogenated alkanes) is 1. The summed E-state index contributed by atoms with van der Waals surface area (Å²) in [6.07, 6.45) is 2.01. The van der Waals surface area contributed by atoms with Crippen LogP contribution in [-0.4, -0.2) is 19.1 Å². The van der Waals surface area contributed by atoms with Gasteiger partial charge < -0.3 is 9.47 Å². The molecule has 0 aliphatic carbocycles. The fraction of sp³-hybridized carbons (Fsp3) is 0.368. The fourth-order valence-corrected chi connectivity index (χ4v) is 2.39. The van der Waals surface area contributed by atoms with Crippen molar-refractivity contribution in [2.75, 3.05) is 14.2 Å². The van der Waals surface area contributed by atoms with E-state index < -0.39 is 14.4 Å². The van der Waals surface area contributed by atoms with Crippen molar-refractivity contribution in [1.82, 2.24) is 0 Å². The molecule has 6 heteroatoms. The maximum Gasteiger partial charge on any atom is 0.695 e. The highest BCUT2D eigenvalue weighted by Gasteiger charge is 2.26. The van der Waals surface area contributed by atoms with Gasteiger partial charge in [0, 0.05) is 4.57 Å². The molecule has 0 radical (unpaired) electrons. The number of hydrogen-bond acceptors (Lipinski definition) is 4. The lowest BCUT2D eigenvalue weighted by Crippen LogP contribution is -2.02. The molecule has 0 saturated carbocycles. The van der Waals surface area contributed by atoms with Crippen molar-refractivity contribution in [3.63, 3.8) is 0 Å². The van der Waals surface area contributed by atoms with Crippen molar-refractivity contribution in [3.05, 3.63) is 59.7 Å². The Bertz CT molecular complexity index is 576. The summed E-state index contributed by atoms with van der Waals surface area (Å²) in [6, 6.07) is 14.3. The zero-order chi connectivity index (χ0) is 18.7. The quantitative estimate of drug-likeness (QED) is 0.678. The van der Waals surface area contributed by atoms with Gasteiger partial charge in [0.2, 0.25) is 0 Å². The molecule has 0 heterocycles.